The van der Waals surface area contributed by atoms with E-state index in [1.54, 1.807) is 0 Å². The van der Waals surface area contributed by atoms with Crippen molar-refractivity contribution in [1.82, 2.24) is 10.2 Å². The highest BCUT2D eigenvalue weighted by molar-refractivity contribution is 5.85. The Bertz CT molecular complexity index is 616. The van der Waals surface area contributed by atoms with E-state index in [4.69, 9.17) is 0 Å². The van der Waals surface area contributed by atoms with Crippen LogP contribution in [0.25, 0.3) is 0 Å². The Morgan fingerprint density at radius 1 is 0.893 bits per heavy atom. The molecule has 1 saturated carbocycles. The topological polar surface area (TPSA) is 15.3 Å². The summed E-state index contributed by atoms with van der Waals surface area (Å²) < 4.78 is 80.2. The van der Waals surface area contributed by atoms with Gasteiger partial charge in [-0.15, -0.1) is 12.4 Å². The van der Waals surface area contributed by atoms with Crippen molar-refractivity contribution in [3.05, 3.63) is 34.9 Å². The van der Waals surface area contributed by atoms with Gasteiger partial charge in [-0.25, -0.2) is 0 Å². The molecule has 0 spiro atoms. The normalized spacial score (nSPS) is 21.2. The van der Waals surface area contributed by atoms with Gasteiger partial charge >= 0.3 is 12.4 Å². The van der Waals surface area contributed by atoms with Crippen LogP contribution in [0.3, 0.4) is 0 Å². The lowest BCUT2D eigenvalue weighted by molar-refractivity contribution is -0.144. The second kappa shape index (κ2) is 9.22. The van der Waals surface area contributed by atoms with E-state index in [1.165, 1.54) is 0 Å². The van der Waals surface area contributed by atoms with Gasteiger partial charge in [0.1, 0.15) is 0 Å². The van der Waals surface area contributed by atoms with Crippen molar-refractivity contribution in [3.8, 4) is 0 Å². The Balaban J connectivity index is 0.00000280. The molecule has 0 radical (unpaired) electrons. The van der Waals surface area contributed by atoms with Gasteiger partial charge in [0.25, 0.3) is 0 Å². The van der Waals surface area contributed by atoms with Gasteiger partial charge in [0.2, 0.25) is 0 Å². The highest BCUT2D eigenvalue weighted by Gasteiger charge is 2.42. The maximum Gasteiger partial charge on any atom is 0.416 e. The minimum Gasteiger partial charge on any atom is -0.314 e. The fourth-order valence-electron chi connectivity index (χ4n) is 4.39. The molecular formula is C19H25ClF6N2. The molecule has 0 unspecified atom stereocenters. The van der Waals surface area contributed by atoms with E-state index in [-0.39, 0.29) is 30.0 Å². The average molecular weight is 431 g/mol. The minimum atomic E-state index is -4.82. The lowest BCUT2D eigenvalue weighted by atomic mass is 9.78. The summed E-state index contributed by atoms with van der Waals surface area (Å²) in [5.74, 6) is 0.0367. The molecule has 160 valence electrons. The predicted octanol–water partition coefficient (Wildman–Crippen LogP) is 5.67. The first-order valence-electron chi connectivity index (χ1n) is 9.41. The molecule has 0 aromatic heterocycles. The average Bonchev–Trinajstić information content (AvgIpc) is 2.62. The fraction of sp³-hybridized carbons (Fsp3) is 0.684. The fourth-order valence-corrected chi connectivity index (χ4v) is 4.39. The van der Waals surface area contributed by atoms with Gasteiger partial charge in [-0.05, 0) is 36.5 Å². The Labute approximate surface area is 167 Å². The number of rotatable bonds is 3. The lowest BCUT2D eigenvalue weighted by Gasteiger charge is -2.42. The van der Waals surface area contributed by atoms with Crippen LogP contribution in [-0.4, -0.2) is 31.1 Å². The molecule has 2 fully saturated rings. The first-order chi connectivity index (χ1) is 12.7. The largest absolute Gasteiger partial charge is 0.416 e. The van der Waals surface area contributed by atoms with Gasteiger partial charge in [0.05, 0.1) is 11.1 Å². The molecule has 28 heavy (non-hydrogen) atoms. The first-order valence-corrected chi connectivity index (χ1v) is 9.41. The van der Waals surface area contributed by atoms with Crippen LogP contribution in [0.2, 0.25) is 0 Å². The summed E-state index contributed by atoms with van der Waals surface area (Å²) in [7, 11) is 0. The van der Waals surface area contributed by atoms with Crippen LogP contribution in [0.4, 0.5) is 26.3 Å². The van der Waals surface area contributed by atoms with Crippen molar-refractivity contribution in [3.63, 3.8) is 0 Å². The maximum absolute atomic E-state index is 13.7. The molecule has 1 saturated heterocycles. The minimum absolute atomic E-state index is 0. The number of nitrogens with zero attached hydrogens (tertiary/aromatic N) is 1. The van der Waals surface area contributed by atoms with E-state index in [9.17, 15) is 26.3 Å². The molecule has 1 aromatic rings. The molecule has 9 heteroatoms. The monoisotopic (exact) mass is 430 g/mol. The van der Waals surface area contributed by atoms with Crippen molar-refractivity contribution in [2.45, 2.75) is 50.5 Å². The Hall–Kier alpha value is -0.990. The molecular weight excluding hydrogens is 406 g/mol. The Morgan fingerprint density at radius 3 is 2.04 bits per heavy atom. The molecule has 1 N–H and O–H groups in total. The van der Waals surface area contributed by atoms with Crippen LogP contribution in [0.15, 0.2) is 18.2 Å². The van der Waals surface area contributed by atoms with Crippen molar-refractivity contribution < 1.29 is 26.3 Å². The van der Waals surface area contributed by atoms with Crippen molar-refractivity contribution in [2.75, 3.05) is 26.2 Å². The second-order valence-electron chi connectivity index (χ2n) is 7.43. The number of benzene rings is 1. The third-order valence-electron chi connectivity index (χ3n) is 5.65. The second-order valence-corrected chi connectivity index (χ2v) is 7.43. The van der Waals surface area contributed by atoms with Crippen LogP contribution in [0, 0.1) is 5.92 Å². The van der Waals surface area contributed by atoms with Gasteiger partial charge in [0.15, 0.2) is 0 Å². The van der Waals surface area contributed by atoms with Gasteiger partial charge in [-0.2, -0.15) is 26.3 Å². The molecule has 0 amide bonds. The Morgan fingerprint density at radius 2 is 1.50 bits per heavy atom. The van der Waals surface area contributed by atoms with Crippen LogP contribution in [-0.2, 0) is 12.4 Å². The van der Waals surface area contributed by atoms with Crippen LogP contribution in [0.5, 0.6) is 0 Å². The molecule has 1 aliphatic heterocycles. The quantitative estimate of drug-likeness (QED) is 0.621. The molecule has 2 nitrogen and oxygen atoms in total. The summed E-state index contributed by atoms with van der Waals surface area (Å²) in [6.45, 7) is 2.54. The van der Waals surface area contributed by atoms with Gasteiger partial charge in [-0.1, -0.05) is 25.3 Å². The van der Waals surface area contributed by atoms with Crippen molar-refractivity contribution in [1.29, 1.82) is 0 Å². The van der Waals surface area contributed by atoms with Crippen LogP contribution >= 0.6 is 12.4 Å². The third-order valence-corrected chi connectivity index (χ3v) is 5.65. The number of hydrogen-bond acceptors (Lipinski definition) is 2. The maximum atomic E-state index is 13.7. The smallest absolute Gasteiger partial charge is 0.314 e. The highest BCUT2D eigenvalue weighted by atomic mass is 35.5. The van der Waals surface area contributed by atoms with E-state index in [0.717, 1.165) is 44.2 Å². The first kappa shape index (κ1) is 23.3. The molecule has 1 aromatic carbocycles. The van der Waals surface area contributed by atoms with Crippen LogP contribution < -0.4 is 5.32 Å². The molecule has 1 aliphatic carbocycles. The van der Waals surface area contributed by atoms with E-state index in [2.05, 4.69) is 5.32 Å². The van der Waals surface area contributed by atoms with Gasteiger partial charge < -0.3 is 5.32 Å². The number of piperazine rings is 1. The van der Waals surface area contributed by atoms with Crippen LogP contribution in [0.1, 0.15) is 54.8 Å². The molecule has 1 heterocycles. The number of hydrogen-bond donors (Lipinski definition) is 1. The Kier molecular flexibility index (Phi) is 7.67. The third kappa shape index (κ3) is 5.33. The SMILES string of the molecule is Cl.FC(F)(F)c1ccc([C@H](C2CCCCC2)N2CCNCC2)c(C(F)(F)F)c1. The van der Waals surface area contributed by atoms with Gasteiger partial charge in [0, 0.05) is 32.2 Å². The zero-order chi connectivity index (χ0) is 19.7. The van der Waals surface area contributed by atoms with E-state index >= 15 is 0 Å². The summed E-state index contributed by atoms with van der Waals surface area (Å²) in [6, 6.07) is 1.65. The number of halogens is 7. The van der Waals surface area contributed by atoms with E-state index in [1.807, 2.05) is 4.90 Å². The zero-order valence-corrected chi connectivity index (χ0v) is 16.2. The summed E-state index contributed by atoms with van der Waals surface area (Å²) in [5.41, 5.74) is -2.41. The molecule has 3 rings (SSSR count). The summed E-state index contributed by atoms with van der Waals surface area (Å²) in [6.07, 6.45) is -5.03. The summed E-state index contributed by atoms with van der Waals surface area (Å²) in [5, 5.41) is 3.19. The number of alkyl halides is 6. The highest BCUT2D eigenvalue weighted by Crippen LogP contribution is 2.45. The lowest BCUT2D eigenvalue weighted by Crippen LogP contribution is -2.47. The standard InChI is InChI=1S/C19H24F6N2.ClH/c20-18(21,22)14-6-7-15(16(12-14)19(23,24)25)17(13-4-2-1-3-5-13)27-10-8-26-9-11-27;/h6-7,12-13,17,26H,1-5,8-11H2;1H/t17-;/m0./s1. The molecule has 0 bridgehead atoms. The van der Waals surface area contributed by atoms with Crippen molar-refractivity contribution >= 4 is 12.4 Å². The summed E-state index contributed by atoms with van der Waals surface area (Å²) >= 11 is 0. The molecule has 2 aliphatic rings. The molecule has 1 atom stereocenters. The van der Waals surface area contributed by atoms with E-state index in [0.29, 0.717) is 26.2 Å². The summed E-state index contributed by atoms with van der Waals surface area (Å²) in [4.78, 5) is 2.02. The van der Waals surface area contributed by atoms with Gasteiger partial charge in [-0.3, -0.25) is 4.90 Å². The van der Waals surface area contributed by atoms with E-state index < -0.39 is 29.5 Å². The van der Waals surface area contributed by atoms with Crippen molar-refractivity contribution in [2.24, 2.45) is 5.92 Å². The predicted molar refractivity (Wildman–Crippen MR) is 97.5 cm³/mol. The zero-order valence-electron chi connectivity index (χ0n) is 15.4. The number of nitrogens with one attached hydrogen (secondary N) is 1.